The first-order valence-corrected chi connectivity index (χ1v) is 14.4. The van der Waals surface area contributed by atoms with Gasteiger partial charge in [-0.3, -0.25) is 19.8 Å². The van der Waals surface area contributed by atoms with Crippen molar-refractivity contribution in [3.8, 4) is 0 Å². The molecule has 0 aliphatic rings. The van der Waals surface area contributed by atoms with Crippen LogP contribution >= 0.6 is 0 Å². The van der Waals surface area contributed by atoms with Gasteiger partial charge >= 0.3 is 18.2 Å². The molecule has 0 aromatic heterocycles. The van der Waals surface area contributed by atoms with Gasteiger partial charge in [0.1, 0.15) is 23.8 Å². The molecule has 2 atom stereocenters. The van der Waals surface area contributed by atoms with Crippen LogP contribution in [0.2, 0.25) is 0 Å². The summed E-state index contributed by atoms with van der Waals surface area (Å²) in [7, 11) is 1.50. The topological polar surface area (TPSA) is 213 Å². The van der Waals surface area contributed by atoms with Gasteiger partial charge < -0.3 is 30.2 Å². The van der Waals surface area contributed by atoms with E-state index in [1.165, 1.54) is 12.1 Å². The van der Waals surface area contributed by atoms with Gasteiger partial charge in [0.2, 0.25) is 11.8 Å². The van der Waals surface area contributed by atoms with Crippen LogP contribution in [0.3, 0.4) is 0 Å². The fourth-order valence-electron chi connectivity index (χ4n) is 3.41. The minimum absolute atomic E-state index is 0.00170. The molecule has 0 rings (SSSR count). The molecule has 0 aromatic rings. The van der Waals surface area contributed by atoms with Crippen molar-refractivity contribution in [2.24, 2.45) is 5.11 Å². The number of unbranched alkanes of at least 4 members (excludes halogenated alkanes) is 1. The van der Waals surface area contributed by atoms with Crippen molar-refractivity contribution >= 4 is 30.0 Å². The third-order valence-electron chi connectivity index (χ3n) is 5.21. The average molecular weight is 615 g/mol. The van der Waals surface area contributed by atoms with E-state index in [4.69, 9.17) is 19.7 Å². The largest absolute Gasteiger partial charge is 0.465 e. The molecule has 16 nitrogen and oxygen atoms in total. The number of ether oxygens (including phenoxy) is 3. The number of azide groups is 1. The number of nitrogens with one attached hydrogen (secondary N) is 4. The highest BCUT2D eigenvalue weighted by Gasteiger charge is 2.27. The number of likely N-dealkylation sites (N-methyl/N-ethyl adjacent to an activating group) is 1. The second kappa shape index (κ2) is 20.2. The van der Waals surface area contributed by atoms with Crippen molar-refractivity contribution in [3.63, 3.8) is 0 Å². The molecule has 0 heterocycles. The van der Waals surface area contributed by atoms with E-state index >= 15 is 0 Å². The number of rotatable bonds is 18. The van der Waals surface area contributed by atoms with Gasteiger partial charge in [-0.15, -0.1) is 0 Å². The summed E-state index contributed by atoms with van der Waals surface area (Å²) in [6, 6.07) is -1.84. The highest BCUT2D eigenvalue weighted by atomic mass is 16.6. The van der Waals surface area contributed by atoms with Crippen LogP contribution in [0.1, 0.15) is 87.0 Å². The van der Waals surface area contributed by atoms with E-state index < -0.39 is 53.3 Å². The number of hydrogen-bond acceptors (Lipinski definition) is 10. The zero-order valence-corrected chi connectivity index (χ0v) is 26.8. The van der Waals surface area contributed by atoms with Crippen LogP contribution in [0.15, 0.2) is 5.11 Å². The Morgan fingerprint density at radius 2 is 1.56 bits per heavy atom. The van der Waals surface area contributed by atoms with Crippen LogP contribution < -0.4 is 21.4 Å². The molecule has 16 heteroatoms. The summed E-state index contributed by atoms with van der Waals surface area (Å²) in [5, 5.41) is 12.6. The Labute approximate surface area is 253 Å². The maximum absolute atomic E-state index is 13.3. The molecule has 4 N–H and O–H groups in total. The van der Waals surface area contributed by atoms with E-state index in [9.17, 15) is 24.0 Å². The van der Waals surface area contributed by atoms with Gasteiger partial charge in [0.05, 0.1) is 6.61 Å². The van der Waals surface area contributed by atoms with E-state index in [1.54, 1.807) is 41.5 Å². The summed E-state index contributed by atoms with van der Waals surface area (Å²) in [6.45, 7) is 12.5. The van der Waals surface area contributed by atoms with Crippen molar-refractivity contribution < 1.29 is 38.2 Å². The lowest BCUT2D eigenvalue weighted by Gasteiger charge is -2.26. The molecule has 0 aliphatic heterocycles. The average Bonchev–Trinajstić information content (AvgIpc) is 2.83. The van der Waals surface area contributed by atoms with Crippen molar-refractivity contribution in [2.45, 2.75) is 110 Å². The minimum atomic E-state index is -1.07. The number of alkyl carbamates (subject to hydrolysis) is 2. The Morgan fingerprint density at radius 3 is 2.14 bits per heavy atom. The van der Waals surface area contributed by atoms with Gasteiger partial charge in [-0.1, -0.05) is 18.5 Å². The van der Waals surface area contributed by atoms with Gasteiger partial charge in [-0.25, -0.2) is 14.6 Å². The molecule has 0 spiro atoms. The van der Waals surface area contributed by atoms with Crippen molar-refractivity contribution in [3.05, 3.63) is 10.4 Å². The molecule has 43 heavy (non-hydrogen) atoms. The second-order valence-electron chi connectivity index (χ2n) is 11.9. The maximum Gasteiger partial charge on any atom is 0.408 e. The van der Waals surface area contributed by atoms with Crippen molar-refractivity contribution in [2.75, 3.05) is 33.3 Å². The molecule has 0 saturated heterocycles. The Balaban J connectivity index is 5.37. The first-order valence-electron chi connectivity index (χ1n) is 14.4. The quantitative estimate of drug-likeness (QED) is 0.0339. The van der Waals surface area contributed by atoms with Gasteiger partial charge in [-0.05, 0) is 72.8 Å². The van der Waals surface area contributed by atoms with E-state index in [-0.39, 0.29) is 38.9 Å². The predicted molar refractivity (Wildman–Crippen MR) is 158 cm³/mol. The Morgan fingerprint density at radius 1 is 0.930 bits per heavy atom. The lowest BCUT2D eigenvalue weighted by molar-refractivity contribution is -0.146. The molecule has 0 radical (unpaired) electrons. The van der Waals surface area contributed by atoms with E-state index in [0.717, 1.165) is 12.8 Å². The zero-order valence-electron chi connectivity index (χ0n) is 26.8. The summed E-state index contributed by atoms with van der Waals surface area (Å²) in [4.78, 5) is 65.0. The van der Waals surface area contributed by atoms with Crippen LogP contribution in [-0.2, 0) is 28.6 Å². The molecular formula is C27H50N8O8. The van der Waals surface area contributed by atoms with E-state index in [1.807, 2.05) is 6.92 Å². The first kappa shape index (κ1) is 39.2. The maximum atomic E-state index is 13.3. The fourth-order valence-corrected chi connectivity index (χ4v) is 3.41. The number of nitrogens with zero attached hydrogens (tertiary/aromatic N) is 4. The highest BCUT2D eigenvalue weighted by molar-refractivity contribution is 5.86. The number of carbonyl (C=O) groups is 5. The summed E-state index contributed by atoms with van der Waals surface area (Å²) < 4.78 is 15.6. The van der Waals surface area contributed by atoms with Crippen molar-refractivity contribution in [1.82, 2.24) is 26.4 Å². The summed E-state index contributed by atoms with van der Waals surface area (Å²) >= 11 is 0. The van der Waals surface area contributed by atoms with Crippen LogP contribution in [0.25, 0.3) is 10.4 Å². The highest BCUT2D eigenvalue weighted by Crippen LogP contribution is 2.10. The first-order chi connectivity index (χ1) is 20.0. The number of hydrogen-bond donors (Lipinski definition) is 4. The monoisotopic (exact) mass is 614 g/mol. The van der Waals surface area contributed by atoms with Gasteiger partial charge in [0.15, 0.2) is 0 Å². The van der Waals surface area contributed by atoms with Crippen LogP contribution in [0.4, 0.5) is 9.59 Å². The minimum Gasteiger partial charge on any atom is -0.465 e. The third-order valence-corrected chi connectivity index (χ3v) is 5.21. The van der Waals surface area contributed by atoms with Crippen LogP contribution in [-0.4, -0.2) is 91.6 Å². The SMILES string of the molecule is CCCCOC(=O)CN(C)NC(=O)C[C@H](CCN=[N+]=[N-])NC(=O)[C@H](CCCNC(=O)OC(C)(C)C)NC(=O)OC(C)(C)C. The summed E-state index contributed by atoms with van der Waals surface area (Å²) in [5.74, 6) is -1.61. The molecule has 246 valence electrons. The molecule has 0 aromatic carbocycles. The third kappa shape index (κ3) is 22.5. The van der Waals surface area contributed by atoms with Gasteiger partial charge in [0, 0.05) is 37.5 Å². The Hall–Kier alpha value is -3.78. The number of hydrazine groups is 1. The normalized spacial score (nSPS) is 12.7. The van der Waals surface area contributed by atoms with Crippen LogP contribution in [0.5, 0.6) is 0 Å². The second-order valence-corrected chi connectivity index (χ2v) is 11.9. The lowest BCUT2D eigenvalue weighted by atomic mass is 10.1. The molecule has 0 saturated carbocycles. The standard InChI is InChI=1S/C27H50N8O8/c1-9-10-16-41-22(37)18-35(8)33-21(36)17-19(13-15-30-34-28)31-23(38)20(32-25(40)43-27(5,6)7)12-11-14-29-24(39)42-26(2,3)4/h19-20H,9-18H2,1-8H3,(H,29,39)(H,31,38)(H,32,40)(H,33,36)/t19-,20-/m0/s1. The van der Waals surface area contributed by atoms with Gasteiger partial charge in [0.25, 0.3) is 0 Å². The number of esters is 1. The molecule has 0 fully saturated rings. The van der Waals surface area contributed by atoms with E-state index in [0.29, 0.717) is 13.0 Å². The zero-order chi connectivity index (χ0) is 33.1. The molecule has 0 bridgehead atoms. The fraction of sp³-hybridized carbons (Fsp3) is 0.815. The predicted octanol–water partition coefficient (Wildman–Crippen LogP) is 3.07. The summed E-state index contributed by atoms with van der Waals surface area (Å²) in [5.41, 5.74) is 9.73. The number of amides is 4. The van der Waals surface area contributed by atoms with Gasteiger partial charge in [-0.2, -0.15) is 0 Å². The van der Waals surface area contributed by atoms with E-state index in [2.05, 4.69) is 31.4 Å². The Bertz CT molecular complexity index is 958. The van der Waals surface area contributed by atoms with Crippen LogP contribution in [0, 0.1) is 0 Å². The molecule has 0 aliphatic carbocycles. The summed E-state index contributed by atoms with van der Waals surface area (Å²) in [6.07, 6.45) is 0.528. The number of carbonyl (C=O) groups excluding carboxylic acids is 5. The van der Waals surface area contributed by atoms with Crippen molar-refractivity contribution in [1.29, 1.82) is 0 Å². The smallest absolute Gasteiger partial charge is 0.408 e. The molecular weight excluding hydrogens is 564 g/mol. The Kier molecular flexibility index (Phi) is 18.4. The molecule has 0 unspecified atom stereocenters. The molecule has 4 amide bonds. The lowest BCUT2D eigenvalue weighted by Crippen LogP contribution is -2.52.